The van der Waals surface area contributed by atoms with E-state index in [1.54, 1.807) is 6.08 Å². The van der Waals surface area contributed by atoms with Crippen molar-refractivity contribution >= 4 is 41.2 Å². The summed E-state index contributed by atoms with van der Waals surface area (Å²) in [6.45, 7) is 1.88. The molecule has 0 bridgehead atoms. The highest BCUT2D eigenvalue weighted by Gasteiger charge is 2.40. The van der Waals surface area contributed by atoms with E-state index < -0.39 is 17.8 Å². The molecule has 4 amide bonds. The van der Waals surface area contributed by atoms with E-state index in [-0.39, 0.29) is 11.6 Å². The quantitative estimate of drug-likeness (QED) is 0.454. The molecule has 4 rings (SSSR count). The Labute approximate surface area is 175 Å². The van der Waals surface area contributed by atoms with Crippen LogP contribution in [-0.4, -0.2) is 47.8 Å². The Morgan fingerprint density at radius 2 is 1.93 bits per heavy atom. The van der Waals surface area contributed by atoms with Crippen LogP contribution in [0.25, 0.3) is 6.08 Å². The molecule has 1 aliphatic carbocycles. The van der Waals surface area contributed by atoms with Crippen LogP contribution in [0, 0.1) is 0 Å². The minimum absolute atomic E-state index is 0.0344. The number of benzene rings is 1. The highest BCUT2D eigenvalue weighted by Crippen LogP contribution is 2.31. The smallest absolute Gasteiger partial charge is 0.331 e. The molecule has 29 heavy (non-hydrogen) atoms. The van der Waals surface area contributed by atoms with E-state index in [2.05, 4.69) is 10.2 Å². The van der Waals surface area contributed by atoms with Gasteiger partial charge in [-0.2, -0.15) is 0 Å². The fraction of sp³-hybridized carbons (Fsp3) is 0.500. The van der Waals surface area contributed by atoms with Crippen molar-refractivity contribution in [3.63, 3.8) is 0 Å². The molecule has 1 N–H and O–H groups in total. The van der Waals surface area contributed by atoms with E-state index in [1.807, 2.05) is 18.2 Å². The third-order valence-electron chi connectivity index (χ3n) is 6.04. The summed E-state index contributed by atoms with van der Waals surface area (Å²) < 4.78 is 0. The number of barbiturate groups is 1. The Hall–Kier alpha value is -2.34. The number of imide groups is 2. The van der Waals surface area contributed by atoms with Crippen LogP contribution in [-0.2, 0) is 16.0 Å². The molecule has 2 aliphatic heterocycles. The van der Waals surface area contributed by atoms with Gasteiger partial charge in [-0.25, -0.2) is 4.79 Å². The van der Waals surface area contributed by atoms with E-state index >= 15 is 0 Å². The molecule has 2 fully saturated rings. The molecule has 0 spiro atoms. The Balaban J connectivity index is 1.57. The van der Waals surface area contributed by atoms with Crippen LogP contribution in [0.2, 0.25) is 0 Å². The minimum atomic E-state index is -0.615. The molecule has 0 atom stereocenters. The largest absolute Gasteiger partial charge is 0.371 e. The van der Waals surface area contributed by atoms with Gasteiger partial charge in [0.2, 0.25) is 0 Å². The van der Waals surface area contributed by atoms with E-state index in [9.17, 15) is 14.4 Å². The number of hydrogen-bond acceptors (Lipinski definition) is 4. The highest BCUT2D eigenvalue weighted by molar-refractivity contribution is 6.31. The third kappa shape index (κ3) is 4.04. The zero-order chi connectivity index (χ0) is 20.4. The monoisotopic (exact) mass is 415 g/mol. The maximum atomic E-state index is 13.0. The first kappa shape index (κ1) is 20.0. The highest BCUT2D eigenvalue weighted by atomic mass is 35.5. The zero-order valence-corrected chi connectivity index (χ0v) is 17.2. The summed E-state index contributed by atoms with van der Waals surface area (Å²) in [6, 6.07) is 5.28. The Morgan fingerprint density at radius 1 is 1.14 bits per heavy atom. The van der Waals surface area contributed by atoms with Crippen molar-refractivity contribution in [1.29, 1.82) is 0 Å². The topological polar surface area (TPSA) is 69.7 Å². The van der Waals surface area contributed by atoms with Gasteiger partial charge in [-0.05, 0) is 55.0 Å². The van der Waals surface area contributed by atoms with Crippen LogP contribution in [0.4, 0.5) is 10.5 Å². The van der Waals surface area contributed by atoms with Crippen molar-refractivity contribution in [1.82, 2.24) is 10.2 Å². The van der Waals surface area contributed by atoms with Gasteiger partial charge in [0.1, 0.15) is 5.57 Å². The van der Waals surface area contributed by atoms with Crippen LogP contribution in [0.3, 0.4) is 0 Å². The fourth-order valence-electron chi connectivity index (χ4n) is 4.57. The summed E-state index contributed by atoms with van der Waals surface area (Å²) in [4.78, 5) is 41.3. The Morgan fingerprint density at radius 3 is 2.69 bits per heavy atom. The van der Waals surface area contributed by atoms with Gasteiger partial charge in [0.15, 0.2) is 0 Å². The standard InChI is InChI=1S/C22H26ClN3O3/c23-10-4-11-25-12-9-16-13-15(7-8-19(16)25)14-18-20(27)24-22(29)26(21(18)28)17-5-2-1-3-6-17/h7-8,13-14,17H,1-6,9-12H2,(H,24,27,29). The summed E-state index contributed by atoms with van der Waals surface area (Å²) in [6.07, 6.45) is 8.21. The van der Waals surface area contributed by atoms with Gasteiger partial charge in [-0.15, -0.1) is 11.6 Å². The van der Waals surface area contributed by atoms with Crippen molar-refractivity contribution in [2.24, 2.45) is 0 Å². The molecule has 1 aromatic carbocycles. The number of amides is 4. The van der Waals surface area contributed by atoms with Crippen LogP contribution in [0.1, 0.15) is 49.7 Å². The number of carbonyl (C=O) groups is 3. The molecule has 2 heterocycles. The second-order valence-corrected chi connectivity index (χ2v) is 8.33. The van der Waals surface area contributed by atoms with Gasteiger partial charge in [0, 0.05) is 30.7 Å². The van der Waals surface area contributed by atoms with Gasteiger partial charge >= 0.3 is 6.03 Å². The number of rotatable bonds is 5. The number of carbonyl (C=O) groups excluding carboxylic acids is 3. The summed E-state index contributed by atoms with van der Waals surface area (Å²) in [7, 11) is 0. The number of urea groups is 1. The summed E-state index contributed by atoms with van der Waals surface area (Å²) in [5.74, 6) is -0.449. The third-order valence-corrected chi connectivity index (χ3v) is 6.31. The van der Waals surface area contributed by atoms with Gasteiger partial charge in [0.05, 0.1) is 0 Å². The average Bonchev–Trinajstić information content (AvgIpc) is 3.12. The molecule has 1 aromatic rings. The molecule has 154 valence electrons. The fourth-order valence-corrected chi connectivity index (χ4v) is 4.69. The summed E-state index contributed by atoms with van der Waals surface area (Å²) in [5, 5.41) is 2.35. The number of anilines is 1. The van der Waals surface area contributed by atoms with E-state index in [0.717, 1.165) is 63.6 Å². The predicted molar refractivity (Wildman–Crippen MR) is 113 cm³/mol. The van der Waals surface area contributed by atoms with Gasteiger partial charge < -0.3 is 4.90 Å². The molecule has 0 radical (unpaired) electrons. The second-order valence-electron chi connectivity index (χ2n) is 7.95. The lowest BCUT2D eigenvalue weighted by molar-refractivity contribution is -0.132. The van der Waals surface area contributed by atoms with Crippen molar-refractivity contribution < 1.29 is 14.4 Å². The molecule has 1 saturated heterocycles. The Kier molecular flexibility index (Phi) is 5.90. The van der Waals surface area contributed by atoms with Gasteiger partial charge in [0.25, 0.3) is 11.8 Å². The molecule has 0 unspecified atom stereocenters. The second kappa shape index (κ2) is 8.57. The number of alkyl halides is 1. The minimum Gasteiger partial charge on any atom is -0.371 e. The van der Waals surface area contributed by atoms with Crippen LogP contribution in [0.5, 0.6) is 0 Å². The average molecular weight is 416 g/mol. The summed E-state index contributed by atoms with van der Waals surface area (Å²) >= 11 is 5.81. The van der Waals surface area contributed by atoms with Crippen molar-refractivity contribution in [3.05, 3.63) is 34.9 Å². The maximum absolute atomic E-state index is 13.0. The predicted octanol–water partition coefficient (Wildman–Crippen LogP) is 3.47. The van der Waals surface area contributed by atoms with Crippen LogP contribution < -0.4 is 10.2 Å². The molecule has 0 aromatic heterocycles. The van der Waals surface area contributed by atoms with Crippen molar-refractivity contribution in [2.75, 3.05) is 23.9 Å². The number of nitrogens with zero attached hydrogens (tertiary/aromatic N) is 2. The number of nitrogens with one attached hydrogen (secondary N) is 1. The molecule has 3 aliphatic rings. The maximum Gasteiger partial charge on any atom is 0.331 e. The molecule has 1 saturated carbocycles. The first-order chi connectivity index (χ1) is 14.1. The number of halogens is 1. The van der Waals surface area contributed by atoms with Crippen molar-refractivity contribution in [2.45, 2.75) is 51.0 Å². The number of hydrogen-bond donors (Lipinski definition) is 1. The van der Waals surface area contributed by atoms with E-state index in [0.29, 0.717) is 5.88 Å². The van der Waals surface area contributed by atoms with Gasteiger partial charge in [-0.1, -0.05) is 25.3 Å². The van der Waals surface area contributed by atoms with E-state index in [1.165, 1.54) is 16.2 Å². The van der Waals surface area contributed by atoms with Crippen LogP contribution >= 0.6 is 11.6 Å². The summed E-state index contributed by atoms with van der Waals surface area (Å²) in [5.41, 5.74) is 3.24. The first-order valence-electron chi connectivity index (χ1n) is 10.4. The number of fused-ring (bicyclic) bond motifs is 1. The first-order valence-corrected chi connectivity index (χ1v) is 11.0. The zero-order valence-electron chi connectivity index (χ0n) is 16.5. The molecular weight excluding hydrogens is 390 g/mol. The molecule has 6 nitrogen and oxygen atoms in total. The SMILES string of the molecule is O=C1NC(=O)N(C2CCCCC2)C(=O)C1=Cc1ccc2c(c1)CCN2CCCCl. The van der Waals surface area contributed by atoms with E-state index in [4.69, 9.17) is 11.6 Å². The lowest BCUT2D eigenvalue weighted by Crippen LogP contribution is -2.58. The van der Waals surface area contributed by atoms with Crippen LogP contribution in [0.15, 0.2) is 23.8 Å². The van der Waals surface area contributed by atoms with Gasteiger partial charge in [-0.3, -0.25) is 19.8 Å². The lowest BCUT2D eigenvalue weighted by Gasteiger charge is -2.35. The Bertz CT molecular complexity index is 861. The lowest BCUT2D eigenvalue weighted by atomic mass is 9.93. The molecule has 7 heteroatoms. The normalized spacial score (nSPS) is 21.7. The van der Waals surface area contributed by atoms with Crippen molar-refractivity contribution in [3.8, 4) is 0 Å². The molecular formula is C22H26ClN3O3.